The first-order valence-electron chi connectivity index (χ1n) is 24.4. The van der Waals surface area contributed by atoms with Gasteiger partial charge in [0.15, 0.2) is 17.9 Å². The van der Waals surface area contributed by atoms with Gasteiger partial charge in [0.25, 0.3) is 0 Å². The smallest absolute Gasteiger partial charge is 0.245 e. The van der Waals surface area contributed by atoms with E-state index in [0.717, 1.165) is 6.42 Å². The minimum absolute atomic E-state index is 0.0767. The molecule has 21 N–H and O–H groups in total. The van der Waals surface area contributed by atoms with Gasteiger partial charge < -0.3 is 82.3 Å². The molecule has 0 radical (unpaired) electrons. The Labute approximate surface area is 421 Å². The maximum absolute atomic E-state index is 14.5. The van der Waals surface area contributed by atoms with E-state index < -0.39 is 102 Å². The predicted octanol–water partition coefficient (Wildman–Crippen LogP) is -4.26. The maximum atomic E-state index is 14.5. The van der Waals surface area contributed by atoms with Crippen molar-refractivity contribution in [3.63, 3.8) is 0 Å². The third-order valence-electron chi connectivity index (χ3n) is 12.2. The highest BCUT2D eigenvalue weighted by molar-refractivity contribution is 7.98. The minimum Gasteiger partial charge on any atom is -0.370 e. The van der Waals surface area contributed by atoms with Crippen LogP contribution >= 0.6 is 11.8 Å². The largest absolute Gasteiger partial charge is 0.370 e. The summed E-state index contributed by atoms with van der Waals surface area (Å²) in [5.41, 5.74) is 38.4. The van der Waals surface area contributed by atoms with Crippen LogP contribution in [-0.4, -0.2) is 163 Å². The summed E-state index contributed by atoms with van der Waals surface area (Å²) in [4.78, 5) is 123. The Balaban J connectivity index is 2.32. The average Bonchev–Trinajstić information content (AvgIpc) is 4.04. The van der Waals surface area contributed by atoms with Crippen molar-refractivity contribution in [1.82, 2.24) is 42.1 Å². The summed E-state index contributed by atoms with van der Waals surface area (Å²) in [7, 11) is 0. The van der Waals surface area contributed by atoms with Crippen molar-refractivity contribution in [3.05, 3.63) is 0 Å². The van der Waals surface area contributed by atoms with Crippen LogP contribution in [0.15, 0.2) is 15.0 Å². The molecular formula is C44H82N18O8S. The lowest BCUT2D eigenvalue weighted by Gasteiger charge is -2.32. The number of hydrogen-bond acceptors (Lipinski definition) is 13. The maximum Gasteiger partial charge on any atom is 0.245 e. The van der Waals surface area contributed by atoms with Crippen LogP contribution in [-0.2, 0) is 38.4 Å². The second-order valence-corrected chi connectivity index (χ2v) is 19.2. The molecule has 2 heterocycles. The summed E-state index contributed by atoms with van der Waals surface area (Å²) in [6.45, 7) is 8.38. The molecule has 27 heteroatoms. The fourth-order valence-corrected chi connectivity index (χ4v) is 8.52. The zero-order valence-corrected chi connectivity index (χ0v) is 42.8. The highest BCUT2D eigenvalue weighted by Gasteiger charge is 2.41. The van der Waals surface area contributed by atoms with Gasteiger partial charge in [0, 0.05) is 26.2 Å². The van der Waals surface area contributed by atoms with Gasteiger partial charge in [-0.2, -0.15) is 11.8 Å². The first-order valence-corrected chi connectivity index (χ1v) is 25.8. The van der Waals surface area contributed by atoms with Gasteiger partial charge in [0.2, 0.25) is 47.3 Å². The van der Waals surface area contributed by atoms with Crippen LogP contribution in [0.2, 0.25) is 0 Å². The van der Waals surface area contributed by atoms with E-state index in [1.54, 1.807) is 20.8 Å². The zero-order chi connectivity index (χ0) is 53.2. The number of thioether (sulfide) groups is 1. The average molecular weight is 1020 g/mol. The van der Waals surface area contributed by atoms with E-state index in [2.05, 4.69) is 52.2 Å². The van der Waals surface area contributed by atoms with Gasteiger partial charge >= 0.3 is 0 Å². The Morgan fingerprint density at radius 3 is 1.61 bits per heavy atom. The molecule has 2 aliphatic rings. The van der Waals surface area contributed by atoms with Gasteiger partial charge in [-0.1, -0.05) is 34.1 Å². The minimum atomic E-state index is -1.17. The number of nitrogens with two attached hydrogens (primary N) is 7. The number of nitrogens with zero attached hydrogens (tertiary/aromatic N) is 4. The van der Waals surface area contributed by atoms with Gasteiger partial charge in [0.1, 0.15) is 42.3 Å². The molecule has 2 saturated heterocycles. The van der Waals surface area contributed by atoms with Gasteiger partial charge in [-0.3, -0.25) is 53.3 Å². The molecule has 0 unspecified atom stereocenters. The molecule has 0 aromatic carbocycles. The van der Waals surface area contributed by atoms with E-state index in [0.29, 0.717) is 44.4 Å². The molecule has 0 aromatic heterocycles. The molecule has 0 spiro atoms. The molecule has 2 fully saturated rings. The number of carbonyl (C=O) groups excluding carboxylic acids is 8. The molecule has 0 aromatic rings. The topological polar surface area (TPSA) is 443 Å². The van der Waals surface area contributed by atoms with Gasteiger partial charge in [-0.05, 0) is 101 Å². The Morgan fingerprint density at radius 2 is 1.11 bits per heavy atom. The summed E-state index contributed by atoms with van der Waals surface area (Å²) >= 11 is 1.44. The molecule has 2 rings (SSSR count). The molecule has 26 nitrogen and oxygen atoms in total. The van der Waals surface area contributed by atoms with Crippen LogP contribution in [0.5, 0.6) is 0 Å². The normalized spacial score (nSPS) is 18.3. The first-order chi connectivity index (χ1) is 33.6. The number of primary amides is 1. The zero-order valence-electron chi connectivity index (χ0n) is 42.0. The number of nitrogens with one attached hydrogen (secondary N) is 7. The fraction of sp³-hybridized carbons (Fsp3) is 0.750. The van der Waals surface area contributed by atoms with Gasteiger partial charge in [-0.15, -0.1) is 0 Å². The summed E-state index contributed by atoms with van der Waals surface area (Å²) in [5, 5.41) is 19.7. The van der Waals surface area contributed by atoms with Crippen LogP contribution in [0.3, 0.4) is 0 Å². The number of hydrogen-bond donors (Lipinski definition) is 14. The summed E-state index contributed by atoms with van der Waals surface area (Å²) in [5.74, 6) is -5.78. The van der Waals surface area contributed by atoms with Crippen LogP contribution in [0.25, 0.3) is 0 Å². The molecule has 402 valence electrons. The SMILES string of the molecule is CC[C@H](C)[C@H](NC(=O)[C@@H](NC(=O)[C@@H]1CCCN1C(=O)[C@H](CCCN=C(N)N)NC(=O)[C@H](CCCN=C(N)N)NC(=O)[C@@H]1CCCN1)C(C)C)C(=O)N[C@@H](CCSC)C(=O)N[C@@H](CCCN=C(N)N)C(N)=O. The second kappa shape index (κ2) is 32.0. The van der Waals surface area contributed by atoms with E-state index in [1.807, 2.05) is 13.2 Å². The number of likely N-dealkylation sites (tertiary alicyclic amines) is 1. The second-order valence-electron chi connectivity index (χ2n) is 18.2. The lowest BCUT2D eigenvalue weighted by atomic mass is 9.95. The van der Waals surface area contributed by atoms with E-state index in [-0.39, 0.29) is 88.5 Å². The van der Waals surface area contributed by atoms with Crippen molar-refractivity contribution in [1.29, 1.82) is 0 Å². The molecule has 0 saturated carbocycles. The lowest BCUT2D eigenvalue weighted by molar-refractivity contribution is -0.143. The summed E-state index contributed by atoms with van der Waals surface area (Å²) in [6.07, 6.45) is 5.86. The summed E-state index contributed by atoms with van der Waals surface area (Å²) < 4.78 is 0. The van der Waals surface area contributed by atoms with Crippen molar-refractivity contribution < 1.29 is 38.4 Å². The van der Waals surface area contributed by atoms with Gasteiger partial charge in [-0.25, -0.2) is 0 Å². The van der Waals surface area contributed by atoms with Crippen LogP contribution in [0, 0.1) is 11.8 Å². The fourth-order valence-electron chi connectivity index (χ4n) is 8.05. The molecule has 71 heavy (non-hydrogen) atoms. The molecule has 9 atom stereocenters. The van der Waals surface area contributed by atoms with Crippen molar-refractivity contribution in [2.75, 3.05) is 44.7 Å². The Kier molecular flexibility index (Phi) is 27.5. The molecule has 0 bridgehead atoms. The van der Waals surface area contributed by atoms with Crippen molar-refractivity contribution in [2.24, 2.45) is 66.9 Å². The van der Waals surface area contributed by atoms with Crippen molar-refractivity contribution >= 4 is 76.9 Å². The number of aliphatic imine (C=N–C) groups is 3. The lowest BCUT2D eigenvalue weighted by Crippen LogP contribution is -2.61. The van der Waals surface area contributed by atoms with Crippen LogP contribution in [0.4, 0.5) is 0 Å². The Bertz CT molecular complexity index is 1870. The predicted molar refractivity (Wildman–Crippen MR) is 274 cm³/mol. The van der Waals surface area contributed by atoms with Crippen molar-refractivity contribution in [3.8, 4) is 0 Å². The summed E-state index contributed by atoms with van der Waals surface area (Å²) in [6, 6.07) is -8.21. The Morgan fingerprint density at radius 1 is 0.606 bits per heavy atom. The molecule has 2 aliphatic heterocycles. The molecule has 8 amide bonds. The number of guanidine groups is 3. The van der Waals surface area contributed by atoms with Crippen LogP contribution in [0.1, 0.15) is 105 Å². The third kappa shape index (κ3) is 21.8. The van der Waals surface area contributed by atoms with Crippen LogP contribution < -0.4 is 77.4 Å². The highest BCUT2D eigenvalue weighted by Crippen LogP contribution is 2.21. The van der Waals surface area contributed by atoms with Crippen molar-refractivity contribution in [2.45, 2.75) is 153 Å². The third-order valence-corrected chi connectivity index (χ3v) is 12.9. The molecule has 0 aliphatic carbocycles. The monoisotopic (exact) mass is 1020 g/mol. The number of carbonyl (C=O) groups is 8. The molecular weight excluding hydrogens is 941 g/mol. The first kappa shape index (κ1) is 61.0. The van der Waals surface area contributed by atoms with E-state index >= 15 is 0 Å². The number of amides is 8. The highest BCUT2D eigenvalue weighted by atomic mass is 32.2. The number of rotatable bonds is 32. The quantitative estimate of drug-likeness (QED) is 0.0172. The van der Waals surface area contributed by atoms with E-state index in [1.165, 1.54) is 16.7 Å². The van der Waals surface area contributed by atoms with Gasteiger partial charge in [0.05, 0.1) is 6.04 Å². The standard InChI is InChI=1S/C44H82N18O8S/c1-6-25(4)33(40(69)58-29(17-23-71-5)37(66)56-26(34(45)63)12-7-19-53-42(46)47)61-39(68)32(24(2)3)60-38(67)31-16-11-22-62(31)41(70)30(15-10-21-55-44(50)51)59-36(65)28(14-9-20-54-43(48)49)57-35(64)27-13-8-18-52-27/h24-33,52H,6-23H2,1-5H3,(H2,45,63)(H,56,66)(H,57,64)(H,58,69)(H,59,65)(H,60,67)(H,61,68)(H4,46,47,53)(H4,48,49,54)(H4,50,51,55)/t25-,26-,27-,28-,29-,30-,31-,32-,33-/m0/s1. The van der Waals surface area contributed by atoms with E-state index in [9.17, 15) is 38.4 Å². The van der Waals surface area contributed by atoms with E-state index in [4.69, 9.17) is 40.1 Å². The Hall–Kier alpha value is -6.12.